The van der Waals surface area contributed by atoms with Gasteiger partial charge in [-0.05, 0) is 13.0 Å². The van der Waals surface area contributed by atoms with Crippen molar-refractivity contribution in [1.29, 1.82) is 0 Å². The summed E-state index contributed by atoms with van der Waals surface area (Å²) in [6.07, 6.45) is 1.79. The molecule has 0 unspecified atom stereocenters. The van der Waals surface area contributed by atoms with Crippen LogP contribution in [0.3, 0.4) is 0 Å². The topological polar surface area (TPSA) is 83.8 Å². The summed E-state index contributed by atoms with van der Waals surface area (Å²) in [5, 5.41) is 17.8. The Morgan fingerprint density at radius 3 is 2.95 bits per heavy atom. The molecule has 3 aromatic rings. The fraction of sp³-hybridized carbons (Fsp3) is 0.154. The Balaban J connectivity index is 2.32. The maximum atomic E-state index is 11.3. The number of hydrogen-bond donors (Lipinski definition) is 2. The zero-order valence-electron chi connectivity index (χ0n) is 10.3. The van der Waals surface area contributed by atoms with Crippen molar-refractivity contribution in [3.05, 3.63) is 36.2 Å². The van der Waals surface area contributed by atoms with Gasteiger partial charge in [0, 0.05) is 29.2 Å². The van der Waals surface area contributed by atoms with Gasteiger partial charge < -0.3 is 10.1 Å². The Bertz CT molecular complexity index is 757. The summed E-state index contributed by atoms with van der Waals surface area (Å²) in [6.45, 7) is 2.47. The Labute approximate surface area is 108 Å². The van der Waals surface area contributed by atoms with Crippen molar-refractivity contribution < 1.29 is 9.90 Å². The van der Waals surface area contributed by atoms with Crippen molar-refractivity contribution in [3.63, 3.8) is 0 Å². The van der Waals surface area contributed by atoms with E-state index in [2.05, 4.69) is 15.3 Å². The second-order valence-electron chi connectivity index (χ2n) is 4.16. The Morgan fingerprint density at radius 1 is 1.42 bits per heavy atom. The lowest BCUT2D eigenvalue weighted by Gasteiger charge is -2.03. The van der Waals surface area contributed by atoms with Gasteiger partial charge in [0.15, 0.2) is 5.69 Å². The van der Waals surface area contributed by atoms with Crippen molar-refractivity contribution in [1.82, 2.24) is 20.0 Å². The van der Waals surface area contributed by atoms with Crippen LogP contribution in [-0.2, 0) is 6.54 Å². The van der Waals surface area contributed by atoms with Crippen LogP contribution in [0, 0.1) is 0 Å². The lowest BCUT2D eigenvalue weighted by Crippen LogP contribution is -2.03. The molecular formula is C13H12N4O2. The normalized spacial score (nSPS) is 11.0. The fourth-order valence-electron chi connectivity index (χ4n) is 2.21. The molecule has 0 bridgehead atoms. The molecule has 19 heavy (non-hydrogen) atoms. The van der Waals surface area contributed by atoms with Gasteiger partial charge >= 0.3 is 5.97 Å². The van der Waals surface area contributed by atoms with Gasteiger partial charge in [-0.1, -0.05) is 23.4 Å². The SMILES string of the molecule is CCn1nnc(C(=O)O)c1-c1c[nH]c2ccccc12. The number of H-pyrrole nitrogens is 1. The van der Waals surface area contributed by atoms with Crippen LogP contribution in [0.25, 0.3) is 22.2 Å². The van der Waals surface area contributed by atoms with Crippen LogP contribution in [-0.4, -0.2) is 31.1 Å². The average Bonchev–Trinajstić information content (AvgIpc) is 3.01. The van der Waals surface area contributed by atoms with E-state index < -0.39 is 5.97 Å². The van der Waals surface area contributed by atoms with Crippen molar-refractivity contribution >= 4 is 16.9 Å². The Hall–Kier alpha value is -2.63. The van der Waals surface area contributed by atoms with Gasteiger partial charge in [0.1, 0.15) is 5.69 Å². The zero-order valence-corrected chi connectivity index (χ0v) is 10.3. The van der Waals surface area contributed by atoms with Crippen molar-refractivity contribution in [3.8, 4) is 11.3 Å². The van der Waals surface area contributed by atoms with Gasteiger partial charge in [-0.15, -0.1) is 5.10 Å². The molecule has 0 aliphatic heterocycles. The minimum absolute atomic E-state index is 0.0217. The number of nitrogens with zero attached hydrogens (tertiary/aromatic N) is 3. The number of para-hydroxylation sites is 1. The lowest BCUT2D eigenvalue weighted by atomic mass is 10.1. The highest BCUT2D eigenvalue weighted by atomic mass is 16.4. The first kappa shape index (κ1) is 11.5. The third kappa shape index (κ3) is 1.69. The van der Waals surface area contributed by atoms with Gasteiger partial charge in [-0.25, -0.2) is 9.48 Å². The molecule has 0 amide bonds. The molecular weight excluding hydrogens is 244 g/mol. The van der Waals surface area contributed by atoms with E-state index in [1.54, 1.807) is 10.9 Å². The molecule has 2 aromatic heterocycles. The van der Waals surface area contributed by atoms with E-state index in [0.717, 1.165) is 16.5 Å². The van der Waals surface area contributed by atoms with Crippen LogP contribution in [0.2, 0.25) is 0 Å². The summed E-state index contributed by atoms with van der Waals surface area (Å²) in [7, 11) is 0. The van der Waals surface area contributed by atoms with E-state index in [0.29, 0.717) is 12.2 Å². The monoisotopic (exact) mass is 256 g/mol. The summed E-state index contributed by atoms with van der Waals surface area (Å²) in [6, 6.07) is 7.73. The van der Waals surface area contributed by atoms with Crippen molar-refractivity contribution in [2.24, 2.45) is 0 Å². The predicted molar refractivity (Wildman–Crippen MR) is 69.9 cm³/mol. The number of benzene rings is 1. The highest BCUT2D eigenvalue weighted by Gasteiger charge is 2.22. The molecule has 0 fully saturated rings. The average molecular weight is 256 g/mol. The molecule has 2 N–H and O–H groups in total. The van der Waals surface area contributed by atoms with Crippen LogP contribution in [0.15, 0.2) is 30.5 Å². The molecule has 0 aliphatic rings. The standard InChI is InChI=1S/C13H12N4O2/c1-2-17-12(11(13(18)19)15-16-17)9-7-14-10-6-4-3-5-8(9)10/h3-7,14H,2H2,1H3,(H,18,19). The number of nitrogens with one attached hydrogen (secondary N) is 1. The Kier molecular flexibility index (Phi) is 2.56. The van der Waals surface area contributed by atoms with Crippen molar-refractivity contribution in [2.75, 3.05) is 0 Å². The summed E-state index contributed by atoms with van der Waals surface area (Å²) >= 11 is 0. The Morgan fingerprint density at radius 2 is 2.21 bits per heavy atom. The zero-order chi connectivity index (χ0) is 13.4. The summed E-state index contributed by atoms with van der Waals surface area (Å²) in [4.78, 5) is 14.4. The molecule has 0 saturated carbocycles. The number of rotatable bonds is 3. The number of aromatic carboxylic acids is 1. The second kappa shape index (κ2) is 4.24. The van der Waals surface area contributed by atoms with E-state index >= 15 is 0 Å². The second-order valence-corrected chi connectivity index (χ2v) is 4.16. The molecule has 2 heterocycles. The smallest absolute Gasteiger partial charge is 0.358 e. The van der Waals surface area contributed by atoms with E-state index in [1.807, 2.05) is 31.2 Å². The highest BCUT2D eigenvalue weighted by molar-refractivity contribution is 6.00. The quantitative estimate of drug-likeness (QED) is 0.752. The van der Waals surface area contributed by atoms with Gasteiger partial charge in [0.25, 0.3) is 0 Å². The van der Waals surface area contributed by atoms with Gasteiger partial charge in [0.2, 0.25) is 0 Å². The number of fused-ring (bicyclic) bond motifs is 1. The lowest BCUT2D eigenvalue weighted by molar-refractivity contribution is 0.0691. The number of carbonyl (C=O) groups is 1. The summed E-state index contributed by atoms with van der Waals surface area (Å²) in [5.41, 5.74) is 2.27. The third-order valence-electron chi connectivity index (χ3n) is 3.08. The van der Waals surface area contributed by atoms with Crippen LogP contribution < -0.4 is 0 Å². The molecule has 0 radical (unpaired) electrons. The number of carboxylic acid groups (broad SMARTS) is 1. The maximum Gasteiger partial charge on any atom is 0.358 e. The van der Waals surface area contributed by atoms with Crippen LogP contribution in [0.5, 0.6) is 0 Å². The van der Waals surface area contributed by atoms with Crippen LogP contribution >= 0.6 is 0 Å². The first-order chi connectivity index (χ1) is 9.22. The van der Waals surface area contributed by atoms with E-state index in [4.69, 9.17) is 0 Å². The largest absolute Gasteiger partial charge is 0.476 e. The number of hydrogen-bond acceptors (Lipinski definition) is 3. The first-order valence-electron chi connectivity index (χ1n) is 5.95. The maximum absolute atomic E-state index is 11.3. The summed E-state index contributed by atoms with van der Waals surface area (Å²) < 4.78 is 1.60. The highest BCUT2D eigenvalue weighted by Crippen LogP contribution is 2.30. The minimum atomic E-state index is -1.07. The molecule has 0 atom stereocenters. The summed E-state index contributed by atoms with van der Waals surface area (Å²) in [5.74, 6) is -1.07. The van der Waals surface area contributed by atoms with E-state index in [1.165, 1.54) is 0 Å². The number of aromatic amines is 1. The van der Waals surface area contributed by atoms with E-state index in [9.17, 15) is 9.90 Å². The minimum Gasteiger partial charge on any atom is -0.476 e. The first-order valence-corrected chi connectivity index (χ1v) is 5.95. The van der Waals surface area contributed by atoms with Gasteiger partial charge in [-0.3, -0.25) is 0 Å². The molecule has 6 nitrogen and oxygen atoms in total. The van der Waals surface area contributed by atoms with Crippen LogP contribution in [0.4, 0.5) is 0 Å². The fourth-order valence-corrected chi connectivity index (χ4v) is 2.21. The molecule has 6 heteroatoms. The van der Waals surface area contributed by atoms with Crippen LogP contribution in [0.1, 0.15) is 17.4 Å². The number of aromatic nitrogens is 4. The predicted octanol–water partition coefficient (Wildman–Crippen LogP) is 2.14. The molecule has 0 saturated heterocycles. The van der Waals surface area contributed by atoms with Gasteiger partial charge in [0.05, 0.1) is 0 Å². The molecule has 96 valence electrons. The van der Waals surface area contributed by atoms with E-state index in [-0.39, 0.29) is 5.69 Å². The van der Waals surface area contributed by atoms with Crippen molar-refractivity contribution in [2.45, 2.75) is 13.5 Å². The number of aryl methyl sites for hydroxylation is 1. The molecule has 3 rings (SSSR count). The molecule has 0 aliphatic carbocycles. The molecule has 1 aromatic carbocycles. The van der Waals surface area contributed by atoms with Gasteiger partial charge in [-0.2, -0.15) is 0 Å². The molecule has 0 spiro atoms. The number of carboxylic acids is 1. The third-order valence-corrected chi connectivity index (χ3v) is 3.08.